The van der Waals surface area contributed by atoms with Crippen LogP contribution in [0.2, 0.25) is 0 Å². The van der Waals surface area contributed by atoms with Crippen molar-refractivity contribution in [2.45, 2.75) is 47.0 Å². The van der Waals surface area contributed by atoms with Crippen molar-refractivity contribution < 1.29 is 4.79 Å². The van der Waals surface area contributed by atoms with Crippen LogP contribution in [0.25, 0.3) is 0 Å². The molecule has 0 aromatic carbocycles. The monoisotopic (exact) mass is 168 g/mol. The summed E-state index contributed by atoms with van der Waals surface area (Å²) in [4.78, 5) is 11.1. The van der Waals surface area contributed by atoms with Crippen LogP contribution in [0.15, 0.2) is 12.2 Å². The Morgan fingerprint density at radius 3 is 2.42 bits per heavy atom. The molecule has 0 unspecified atom stereocenters. The Hall–Kier alpha value is -0.590. The van der Waals surface area contributed by atoms with Crippen LogP contribution in [0.1, 0.15) is 47.0 Å². The second-order valence-corrected chi connectivity index (χ2v) is 3.98. The zero-order valence-electron chi connectivity index (χ0n) is 8.68. The van der Waals surface area contributed by atoms with Gasteiger partial charge in [-0.25, -0.2) is 0 Å². The molecule has 1 heteroatoms. The van der Waals surface area contributed by atoms with Gasteiger partial charge in [-0.05, 0) is 24.8 Å². The van der Waals surface area contributed by atoms with Crippen LogP contribution in [-0.4, -0.2) is 5.78 Å². The average Bonchev–Trinajstić information content (AvgIpc) is 2.02. The maximum absolute atomic E-state index is 11.1. The first kappa shape index (κ1) is 11.4. The molecule has 0 aromatic rings. The van der Waals surface area contributed by atoms with E-state index in [1.165, 1.54) is 0 Å². The van der Waals surface area contributed by atoms with Gasteiger partial charge in [0, 0.05) is 6.42 Å². The van der Waals surface area contributed by atoms with Crippen molar-refractivity contribution in [3.8, 4) is 0 Å². The number of allylic oxidation sites excluding steroid dienone is 2. The van der Waals surface area contributed by atoms with Gasteiger partial charge in [0.1, 0.15) is 0 Å². The molecule has 0 rings (SSSR count). The molecule has 0 fully saturated rings. The summed E-state index contributed by atoms with van der Waals surface area (Å²) in [6.07, 6.45) is 6.28. The van der Waals surface area contributed by atoms with E-state index in [0.717, 1.165) is 12.8 Å². The molecule has 1 nitrogen and oxygen atoms in total. The predicted octanol–water partition coefficient (Wildman–Crippen LogP) is 3.35. The van der Waals surface area contributed by atoms with E-state index < -0.39 is 0 Å². The summed E-state index contributed by atoms with van der Waals surface area (Å²) in [6.45, 7) is 8.45. The highest BCUT2D eigenvalue weighted by molar-refractivity contribution is 5.89. The lowest BCUT2D eigenvalue weighted by Crippen LogP contribution is -2.11. The van der Waals surface area contributed by atoms with Crippen LogP contribution in [0, 0.1) is 5.41 Å². The first-order valence-corrected chi connectivity index (χ1v) is 4.67. The molecule has 0 aliphatic rings. The summed E-state index contributed by atoms with van der Waals surface area (Å²) in [5.74, 6) is 0.249. The Kier molecular flexibility index (Phi) is 4.87. The van der Waals surface area contributed by atoms with Gasteiger partial charge >= 0.3 is 0 Å². The molecule has 0 atom stereocenters. The zero-order valence-corrected chi connectivity index (χ0v) is 8.68. The maximum atomic E-state index is 11.1. The highest BCUT2D eigenvalue weighted by atomic mass is 16.1. The van der Waals surface area contributed by atoms with E-state index >= 15 is 0 Å². The molecule has 0 radical (unpaired) electrons. The number of carbonyl (C=O) groups is 1. The van der Waals surface area contributed by atoms with Crippen molar-refractivity contribution in [2.75, 3.05) is 0 Å². The van der Waals surface area contributed by atoms with E-state index in [9.17, 15) is 4.79 Å². The first-order chi connectivity index (χ1) is 5.52. The zero-order chi connectivity index (χ0) is 9.61. The van der Waals surface area contributed by atoms with E-state index in [-0.39, 0.29) is 5.78 Å². The number of hydrogen-bond acceptors (Lipinski definition) is 1. The van der Waals surface area contributed by atoms with Crippen molar-refractivity contribution in [1.82, 2.24) is 0 Å². The Morgan fingerprint density at radius 2 is 2.00 bits per heavy atom. The van der Waals surface area contributed by atoms with Gasteiger partial charge in [0.05, 0.1) is 0 Å². The van der Waals surface area contributed by atoms with E-state index in [0.29, 0.717) is 11.8 Å². The molecule has 70 valence electrons. The molecule has 0 N–H and O–H groups in total. The lowest BCUT2D eigenvalue weighted by atomic mass is 9.84. The summed E-state index contributed by atoms with van der Waals surface area (Å²) in [7, 11) is 0. The summed E-state index contributed by atoms with van der Waals surface area (Å²) in [6, 6.07) is 0. The summed E-state index contributed by atoms with van der Waals surface area (Å²) in [5.41, 5.74) is 0.317. The fourth-order valence-electron chi connectivity index (χ4n) is 0.908. The normalized spacial score (nSPS) is 12.3. The number of ketones is 1. The maximum Gasteiger partial charge on any atom is 0.155 e. The SMILES string of the molecule is C/C=C/C(=O)CCC(C)(C)CC. The van der Waals surface area contributed by atoms with Crippen LogP contribution in [0.4, 0.5) is 0 Å². The van der Waals surface area contributed by atoms with E-state index in [4.69, 9.17) is 0 Å². The van der Waals surface area contributed by atoms with Crippen molar-refractivity contribution in [2.24, 2.45) is 5.41 Å². The minimum Gasteiger partial charge on any atom is -0.295 e. The fourth-order valence-corrected chi connectivity index (χ4v) is 0.908. The van der Waals surface area contributed by atoms with Crippen LogP contribution in [-0.2, 0) is 4.79 Å². The van der Waals surface area contributed by atoms with Gasteiger partial charge in [-0.15, -0.1) is 0 Å². The van der Waals surface area contributed by atoms with Crippen molar-refractivity contribution in [3.63, 3.8) is 0 Å². The third-order valence-electron chi connectivity index (χ3n) is 2.36. The van der Waals surface area contributed by atoms with Crippen LogP contribution < -0.4 is 0 Å². The molecule has 0 aromatic heterocycles. The highest BCUT2D eigenvalue weighted by Gasteiger charge is 2.15. The Labute approximate surface area is 75.9 Å². The molecule has 12 heavy (non-hydrogen) atoms. The number of rotatable bonds is 5. The van der Waals surface area contributed by atoms with Crippen LogP contribution >= 0.6 is 0 Å². The van der Waals surface area contributed by atoms with Gasteiger partial charge in [0.2, 0.25) is 0 Å². The van der Waals surface area contributed by atoms with Gasteiger partial charge in [-0.3, -0.25) is 4.79 Å². The second-order valence-electron chi connectivity index (χ2n) is 3.98. The molecule has 0 amide bonds. The van der Waals surface area contributed by atoms with Gasteiger partial charge in [0.15, 0.2) is 5.78 Å². The molecule has 0 bridgehead atoms. The van der Waals surface area contributed by atoms with Crippen molar-refractivity contribution in [1.29, 1.82) is 0 Å². The quantitative estimate of drug-likeness (QED) is 0.575. The van der Waals surface area contributed by atoms with Crippen LogP contribution in [0.5, 0.6) is 0 Å². The number of carbonyl (C=O) groups excluding carboxylic acids is 1. The lowest BCUT2D eigenvalue weighted by Gasteiger charge is -2.21. The van der Waals surface area contributed by atoms with Gasteiger partial charge in [0.25, 0.3) is 0 Å². The van der Waals surface area contributed by atoms with Gasteiger partial charge in [-0.1, -0.05) is 33.3 Å². The topological polar surface area (TPSA) is 17.1 Å². The third kappa shape index (κ3) is 5.11. The van der Waals surface area contributed by atoms with E-state index in [2.05, 4.69) is 20.8 Å². The Balaban J connectivity index is 3.75. The summed E-state index contributed by atoms with van der Waals surface area (Å²) >= 11 is 0. The fraction of sp³-hybridized carbons (Fsp3) is 0.727. The molecule has 0 aliphatic carbocycles. The predicted molar refractivity (Wildman–Crippen MR) is 53.1 cm³/mol. The number of hydrogen-bond donors (Lipinski definition) is 0. The van der Waals surface area contributed by atoms with E-state index in [1.54, 1.807) is 12.2 Å². The molecule has 0 saturated heterocycles. The van der Waals surface area contributed by atoms with Gasteiger partial charge < -0.3 is 0 Å². The molecular weight excluding hydrogens is 148 g/mol. The molecule has 0 saturated carbocycles. The summed E-state index contributed by atoms with van der Waals surface area (Å²) in [5, 5.41) is 0. The average molecular weight is 168 g/mol. The minimum atomic E-state index is 0.249. The molecular formula is C11H20O. The largest absolute Gasteiger partial charge is 0.295 e. The van der Waals surface area contributed by atoms with Crippen molar-refractivity contribution >= 4 is 5.78 Å². The summed E-state index contributed by atoms with van der Waals surface area (Å²) < 4.78 is 0. The molecule has 0 aliphatic heterocycles. The van der Waals surface area contributed by atoms with E-state index in [1.807, 2.05) is 6.92 Å². The Bertz CT molecular complexity index is 166. The standard InChI is InChI=1S/C11H20O/c1-5-7-10(12)8-9-11(3,4)6-2/h5,7H,6,8-9H2,1-4H3/b7-5+. The van der Waals surface area contributed by atoms with Crippen molar-refractivity contribution in [3.05, 3.63) is 12.2 Å². The second kappa shape index (κ2) is 5.13. The minimum absolute atomic E-state index is 0.249. The lowest BCUT2D eigenvalue weighted by molar-refractivity contribution is -0.115. The van der Waals surface area contributed by atoms with Gasteiger partial charge in [-0.2, -0.15) is 0 Å². The highest BCUT2D eigenvalue weighted by Crippen LogP contribution is 2.25. The first-order valence-electron chi connectivity index (χ1n) is 4.67. The molecule has 0 heterocycles. The Morgan fingerprint density at radius 1 is 1.42 bits per heavy atom. The molecule has 0 spiro atoms. The third-order valence-corrected chi connectivity index (χ3v) is 2.36. The smallest absolute Gasteiger partial charge is 0.155 e. The van der Waals surface area contributed by atoms with Crippen LogP contribution in [0.3, 0.4) is 0 Å².